The minimum Gasteiger partial charge on any atom is -0.478 e. The number of ether oxygens (including phenoxy) is 1. The fraction of sp³-hybridized carbons (Fsp3) is 0.100. The molecule has 0 bridgehead atoms. The Bertz CT molecular complexity index is 1160. The first-order valence-electron chi connectivity index (χ1n) is 7.73. The van der Waals surface area contributed by atoms with E-state index in [1.54, 1.807) is 12.1 Å². The number of fused-ring (bicyclic) bond motifs is 2. The molecule has 2 aromatic carbocycles. The normalized spacial score (nSPS) is 10.9. The third-order valence-electron chi connectivity index (χ3n) is 4.02. The van der Waals surface area contributed by atoms with Crippen LogP contribution in [0.5, 0.6) is 5.75 Å². The van der Waals surface area contributed by atoms with E-state index in [-0.39, 0.29) is 6.61 Å². The molecule has 0 spiro atoms. The second-order valence-corrected chi connectivity index (χ2v) is 5.69. The second-order valence-electron chi connectivity index (χ2n) is 5.69. The van der Waals surface area contributed by atoms with Crippen LogP contribution >= 0.6 is 0 Å². The van der Waals surface area contributed by atoms with Crippen molar-refractivity contribution in [1.29, 1.82) is 5.26 Å². The average molecular weight is 331 g/mol. The van der Waals surface area contributed by atoms with Crippen molar-refractivity contribution >= 4 is 21.9 Å². The Hall–Kier alpha value is -3.52. The van der Waals surface area contributed by atoms with Crippen molar-refractivity contribution in [2.75, 3.05) is 6.61 Å². The summed E-state index contributed by atoms with van der Waals surface area (Å²) in [5, 5.41) is 10.4. The molecule has 2 heterocycles. The Morgan fingerprint density at radius 1 is 1.08 bits per heavy atom. The minimum atomic E-state index is -0.451. The van der Waals surface area contributed by atoms with E-state index in [9.17, 15) is 4.79 Å². The Kier molecular flexibility index (Phi) is 3.51. The van der Waals surface area contributed by atoms with Gasteiger partial charge >= 0.3 is 5.63 Å². The van der Waals surface area contributed by atoms with Gasteiger partial charge in [-0.1, -0.05) is 18.2 Å². The van der Waals surface area contributed by atoms with E-state index in [4.69, 9.17) is 18.8 Å². The molecule has 4 rings (SSSR count). The maximum atomic E-state index is 12.0. The van der Waals surface area contributed by atoms with Crippen LogP contribution in [0.15, 0.2) is 62.2 Å². The quantitative estimate of drug-likeness (QED) is 0.519. The number of hydrogen-bond donors (Lipinski definition) is 0. The zero-order valence-electron chi connectivity index (χ0n) is 13.4. The highest BCUT2D eigenvalue weighted by molar-refractivity contribution is 5.95. The monoisotopic (exact) mass is 331 g/mol. The van der Waals surface area contributed by atoms with Crippen LogP contribution in [0, 0.1) is 18.3 Å². The maximum Gasteiger partial charge on any atom is 0.336 e. The Labute approximate surface area is 142 Å². The van der Waals surface area contributed by atoms with Gasteiger partial charge in [-0.3, -0.25) is 0 Å². The van der Waals surface area contributed by atoms with Gasteiger partial charge in [0.1, 0.15) is 28.7 Å². The van der Waals surface area contributed by atoms with E-state index < -0.39 is 5.63 Å². The number of hydrogen-bond acceptors (Lipinski definition) is 5. The molecule has 0 radical (unpaired) electrons. The highest BCUT2D eigenvalue weighted by Gasteiger charge is 2.15. The zero-order chi connectivity index (χ0) is 17.4. The van der Waals surface area contributed by atoms with Crippen molar-refractivity contribution in [3.8, 4) is 23.1 Å². The number of para-hydroxylation sites is 1. The lowest BCUT2D eigenvalue weighted by molar-refractivity contribution is 0.366. The molecule has 0 atom stereocenters. The highest BCUT2D eigenvalue weighted by atomic mass is 16.5. The molecule has 0 unspecified atom stereocenters. The van der Waals surface area contributed by atoms with Crippen molar-refractivity contribution in [3.63, 3.8) is 0 Å². The molecule has 2 aromatic heterocycles. The predicted octanol–water partition coefficient (Wildman–Crippen LogP) is 4.42. The van der Waals surface area contributed by atoms with Crippen molar-refractivity contribution < 1.29 is 13.6 Å². The van der Waals surface area contributed by atoms with Crippen molar-refractivity contribution in [2.45, 2.75) is 6.92 Å². The summed E-state index contributed by atoms with van der Waals surface area (Å²) in [6.07, 6.45) is 0. The highest BCUT2D eigenvalue weighted by Crippen LogP contribution is 2.35. The molecule has 122 valence electrons. The number of nitrogens with zero attached hydrogens (tertiary/aromatic N) is 1. The Morgan fingerprint density at radius 2 is 1.92 bits per heavy atom. The summed E-state index contributed by atoms with van der Waals surface area (Å²) in [5.41, 5.74) is 2.15. The zero-order valence-corrected chi connectivity index (χ0v) is 13.4. The maximum absolute atomic E-state index is 12.0. The smallest absolute Gasteiger partial charge is 0.336 e. The summed E-state index contributed by atoms with van der Waals surface area (Å²) >= 11 is 0. The summed E-state index contributed by atoms with van der Waals surface area (Å²) in [6, 6.07) is 16.4. The molecule has 0 aliphatic carbocycles. The third kappa shape index (κ3) is 2.64. The average Bonchev–Trinajstić information content (AvgIpc) is 3.03. The first-order valence-corrected chi connectivity index (χ1v) is 7.73. The van der Waals surface area contributed by atoms with Crippen molar-refractivity contribution in [3.05, 3.63) is 64.5 Å². The second kappa shape index (κ2) is 5.84. The molecule has 5 heteroatoms. The fourth-order valence-corrected chi connectivity index (χ4v) is 2.87. The van der Waals surface area contributed by atoms with Crippen LogP contribution in [-0.4, -0.2) is 6.61 Å². The van der Waals surface area contributed by atoms with E-state index in [0.29, 0.717) is 28.0 Å². The van der Waals surface area contributed by atoms with Gasteiger partial charge in [-0.25, -0.2) is 4.79 Å². The lowest BCUT2D eigenvalue weighted by Crippen LogP contribution is -2.00. The van der Waals surface area contributed by atoms with Crippen LogP contribution < -0.4 is 10.4 Å². The van der Waals surface area contributed by atoms with E-state index in [1.807, 2.05) is 43.3 Å². The van der Waals surface area contributed by atoms with Crippen LogP contribution in [0.2, 0.25) is 0 Å². The van der Waals surface area contributed by atoms with Gasteiger partial charge in [0, 0.05) is 22.4 Å². The first-order chi connectivity index (χ1) is 12.2. The van der Waals surface area contributed by atoms with E-state index in [0.717, 1.165) is 16.5 Å². The molecule has 0 saturated carbocycles. The van der Waals surface area contributed by atoms with E-state index in [2.05, 4.69) is 0 Å². The number of furan rings is 1. The minimum absolute atomic E-state index is 0.0525. The van der Waals surface area contributed by atoms with Crippen molar-refractivity contribution in [1.82, 2.24) is 0 Å². The number of aryl methyl sites for hydroxylation is 1. The lowest BCUT2D eigenvalue weighted by atomic mass is 10.0. The van der Waals surface area contributed by atoms with Gasteiger partial charge in [0.2, 0.25) is 0 Å². The van der Waals surface area contributed by atoms with Gasteiger partial charge in [-0.05, 0) is 36.8 Å². The molecule has 0 amide bonds. The van der Waals surface area contributed by atoms with Crippen molar-refractivity contribution in [2.24, 2.45) is 0 Å². The molecule has 25 heavy (non-hydrogen) atoms. The molecule has 0 aliphatic heterocycles. The third-order valence-corrected chi connectivity index (χ3v) is 4.02. The molecule has 4 aromatic rings. The van der Waals surface area contributed by atoms with Crippen LogP contribution in [-0.2, 0) is 0 Å². The topological polar surface area (TPSA) is 76.4 Å². The fourth-order valence-electron chi connectivity index (χ4n) is 2.87. The number of rotatable bonds is 3. The summed E-state index contributed by atoms with van der Waals surface area (Å²) in [6.45, 7) is 1.78. The number of nitriles is 1. The van der Waals surface area contributed by atoms with Gasteiger partial charge < -0.3 is 13.6 Å². The number of benzene rings is 2. The summed E-state index contributed by atoms with van der Waals surface area (Å²) in [7, 11) is 0. The molecule has 0 aliphatic rings. The van der Waals surface area contributed by atoms with Crippen LogP contribution in [0.4, 0.5) is 0 Å². The van der Waals surface area contributed by atoms with Crippen LogP contribution in [0.3, 0.4) is 0 Å². The van der Waals surface area contributed by atoms with Gasteiger partial charge in [0.05, 0.1) is 0 Å². The molecule has 0 N–H and O–H groups in total. The first kappa shape index (κ1) is 15.0. The van der Waals surface area contributed by atoms with E-state index in [1.165, 1.54) is 6.07 Å². The summed E-state index contributed by atoms with van der Waals surface area (Å²) in [4.78, 5) is 12.0. The largest absolute Gasteiger partial charge is 0.478 e. The summed E-state index contributed by atoms with van der Waals surface area (Å²) < 4.78 is 16.7. The predicted molar refractivity (Wildman–Crippen MR) is 93.5 cm³/mol. The standard InChI is InChI=1S/C20H13NO4/c1-12-8-18-14(10-17(12)23-7-6-21)15(11-20(22)25-18)19-9-13-4-2-3-5-16(13)24-19/h2-5,8-11H,7H2,1H3. The van der Waals surface area contributed by atoms with Crippen LogP contribution in [0.25, 0.3) is 33.3 Å². The van der Waals surface area contributed by atoms with Gasteiger partial charge in [-0.15, -0.1) is 0 Å². The van der Waals surface area contributed by atoms with Gasteiger partial charge in [0.15, 0.2) is 6.61 Å². The molecule has 5 nitrogen and oxygen atoms in total. The Balaban J connectivity index is 1.98. The molecular weight excluding hydrogens is 318 g/mol. The van der Waals surface area contributed by atoms with Gasteiger partial charge in [-0.2, -0.15) is 5.26 Å². The van der Waals surface area contributed by atoms with E-state index >= 15 is 0 Å². The van der Waals surface area contributed by atoms with Crippen LogP contribution in [0.1, 0.15) is 5.56 Å². The molecule has 0 saturated heterocycles. The summed E-state index contributed by atoms with van der Waals surface area (Å²) in [5.74, 6) is 1.15. The molecular formula is C20H13NO4. The Morgan fingerprint density at radius 3 is 2.72 bits per heavy atom. The molecule has 0 fully saturated rings. The SMILES string of the molecule is Cc1cc2oc(=O)cc(-c3cc4ccccc4o3)c2cc1OCC#N. The van der Waals surface area contributed by atoms with Gasteiger partial charge in [0.25, 0.3) is 0 Å². The lowest BCUT2D eigenvalue weighted by Gasteiger charge is -2.09.